The number of anilines is 1. The van der Waals surface area contributed by atoms with Crippen molar-refractivity contribution in [3.63, 3.8) is 0 Å². The second kappa shape index (κ2) is 4.05. The van der Waals surface area contributed by atoms with Gasteiger partial charge < -0.3 is 5.32 Å². The summed E-state index contributed by atoms with van der Waals surface area (Å²) in [5.74, 6) is 0.858. The van der Waals surface area contributed by atoms with Crippen molar-refractivity contribution in [3.05, 3.63) is 47.9 Å². The third-order valence-electron chi connectivity index (χ3n) is 3.63. The maximum atomic E-state index is 4.32. The predicted molar refractivity (Wildman–Crippen MR) is 72.9 cm³/mol. The van der Waals surface area contributed by atoms with Gasteiger partial charge in [-0.05, 0) is 24.0 Å². The first-order valence-corrected chi connectivity index (χ1v) is 6.38. The van der Waals surface area contributed by atoms with Crippen molar-refractivity contribution >= 4 is 16.9 Å². The summed E-state index contributed by atoms with van der Waals surface area (Å²) in [6.45, 7) is 0. The fourth-order valence-electron chi connectivity index (χ4n) is 2.74. The monoisotopic (exact) mass is 251 g/mol. The Balaban J connectivity index is 1.62. The van der Waals surface area contributed by atoms with E-state index in [9.17, 15) is 0 Å². The van der Waals surface area contributed by atoms with E-state index in [2.05, 4.69) is 49.7 Å². The highest BCUT2D eigenvalue weighted by atomic mass is 15.2. The van der Waals surface area contributed by atoms with Crippen molar-refractivity contribution in [2.45, 2.75) is 18.9 Å². The molecule has 1 aromatic carbocycles. The molecule has 2 aromatic heterocycles. The third-order valence-corrected chi connectivity index (χ3v) is 3.63. The van der Waals surface area contributed by atoms with E-state index in [-0.39, 0.29) is 0 Å². The van der Waals surface area contributed by atoms with Gasteiger partial charge in [0, 0.05) is 12.2 Å². The molecule has 0 fully saturated rings. The van der Waals surface area contributed by atoms with Gasteiger partial charge >= 0.3 is 0 Å². The Bertz CT molecular complexity index is 708. The number of nitrogens with zero attached hydrogens (tertiary/aromatic N) is 3. The number of aromatic nitrogens is 4. The lowest BCUT2D eigenvalue weighted by Crippen LogP contribution is -2.20. The summed E-state index contributed by atoms with van der Waals surface area (Å²) in [5, 5.41) is 11.4. The second-order valence-electron chi connectivity index (χ2n) is 4.86. The minimum Gasteiger partial charge on any atom is -0.366 e. The molecule has 0 radical (unpaired) electrons. The lowest BCUT2D eigenvalue weighted by atomic mass is 10.1. The van der Waals surface area contributed by atoms with Gasteiger partial charge in [0.25, 0.3) is 0 Å². The SMILES string of the molecule is c1ccc2c(c1)CC(Nc1ncnc3n[nH]cc13)C2. The maximum absolute atomic E-state index is 4.32. The first-order chi connectivity index (χ1) is 9.40. The number of nitrogens with one attached hydrogen (secondary N) is 2. The van der Waals surface area contributed by atoms with E-state index in [1.165, 1.54) is 11.1 Å². The Morgan fingerprint density at radius 1 is 1.11 bits per heavy atom. The molecule has 0 saturated carbocycles. The first kappa shape index (κ1) is 10.5. The summed E-state index contributed by atoms with van der Waals surface area (Å²) in [4.78, 5) is 8.45. The van der Waals surface area contributed by atoms with Crippen molar-refractivity contribution in [1.29, 1.82) is 0 Å². The molecule has 94 valence electrons. The highest BCUT2D eigenvalue weighted by molar-refractivity contribution is 5.85. The number of fused-ring (bicyclic) bond motifs is 2. The van der Waals surface area contributed by atoms with Crippen molar-refractivity contribution in [2.24, 2.45) is 0 Å². The zero-order valence-electron chi connectivity index (χ0n) is 10.3. The van der Waals surface area contributed by atoms with E-state index >= 15 is 0 Å². The van der Waals surface area contributed by atoms with Gasteiger partial charge in [-0.15, -0.1) is 0 Å². The van der Waals surface area contributed by atoms with Gasteiger partial charge in [0.2, 0.25) is 0 Å². The van der Waals surface area contributed by atoms with Crippen LogP contribution in [0.4, 0.5) is 5.82 Å². The molecule has 0 amide bonds. The average Bonchev–Trinajstić information content (AvgIpc) is 3.04. The minimum absolute atomic E-state index is 0.394. The van der Waals surface area contributed by atoms with Gasteiger partial charge in [0.05, 0.1) is 5.39 Å². The Morgan fingerprint density at radius 2 is 1.89 bits per heavy atom. The van der Waals surface area contributed by atoms with Crippen LogP contribution in [0, 0.1) is 0 Å². The molecule has 0 unspecified atom stereocenters. The van der Waals surface area contributed by atoms with Crippen LogP contribution in [-0.4, -0.2) is 26.2 Å². The van der Waals surface area contributed by atoms with Crippen LogP contribution in [0.2, 0.25) is 0 Å². The zero-order valence-corrected chi connectivity index (χ0v) is 10.3. The van der Waals surface area contributed by atoms with Crippen LogP contribution in [0.5, 0.6) is 0 Å². The summed E-state index contributed by atoms with van der Waals surface area (Å²) >= 11 is 0. The van der Waals surface area contributed by atoms with E-state index in [0.29, 0.717) is 11.7 Å². The van der Waals surface area contributed by atoms with Crippen LogP contribution in [0.15, 0.2) is 36.8 Å². The summed E-state index contributed by atoms with van der Waals surface area (Å²) in [6.07, 6.45) is 5.46. The molecule has 2 N–H and O–H groups in total. The van der Waals surface area contributed by atoms with Gasteiger partial charge in [0.1, 0.15) is 12.1 Å². The average molecular weight is 251 g/mol. The van der Waals surface area contributed by atoms with E-state index in [1.54, 1.807) is 6.33 Å². The van der Waals surface area contributed by atoms with Crippen molar-refractivity contribution in [3.8, 4) is 0 Å². The van der Waals surface area contributed by atoms with Crippen LogP contribution in [0.1, 0.15) is 11.1 Å². The van der Waals surface area contributed by atoms with E-state index in [4.69, 9.17) is 0 Å². The summed E-state index contributed by atoms with van der Waals surface area (Å²) in [5.41, 5.74) is 3.56. The molecule has 0 atom stereocenters. The third kappa shape index (κ3) is 1.74. The highest BCUT2D eigenvalue weighted by Crippen LogP contribution is 2.25. The molecule has 5 nitrogen and oxygen atoms in total. The lowest BCUT2D eigenvalue weighted by Gasteiger charge is -2.12. The van der Waals surface area contributed by atoms with E-state index in [1.807, 2.05) is 6.20 Å². The van der Waals surface area contributed by atoms with Crippen LogP contribution >= 0.6 is 0 Å². The quantitative estimate of drug-likeness (QED) is 0.730. The second-order valence-corrected chi connectivity index (χ2v) is 4.86. The number of H-pyrrole nitrogens is 1. The van der Waals surface area contributed by atoms with Gasteiger partial charge in [0.15, 0.2) is 5.65 Å². The maximum Gasteiger partial charge on any atom is 0.186 e. The smallest absolute Gasteiger partial charge is 0.186 e. The predicted octanol–water partition coefficient (Wildman–Crippen LogP) is 1.93. The molecule has 1 aliphatic rings. The van der Waals surface area contributed by atoms with Crippen molar-refractivity contribution in [1.82, 2.24) is 20.2 Å². The molecule has 1 aliphatic carbocycles. The standard InChI is InChI=1S/C14H13N5/c1-2-4-10-6-11(5-9(10)3-1)18-13-12-7-17-19-14(12)16-8-15-13/h1-4,7-8,11H,5-6H2,(H2,15,16,17,18,19). The fraction of sp³-hybridized carbons (Fsp3) is 0.214. The number of hydrogen-bond acceptors (Lipinski definition) is 4. The Morgan fingerprint density at radius 3 is 2.68 bits per heavy atom. The summed E-state index contributed by atoms with van der Waals surface area (Å²) in [7, 11) is 0. The number of rotatable bonds is 2. The van der Waals surface area contributed by atoms with Gasteiger partial charge in [-0.1, -0.05) is 24.3 Å². The highest BCUT2D eigenvalue weighted by Gasteiger charge is 2.21. The number of benzene rings is 1. The van der Waals surface area contributed by atoms with Crippen LogP contribution in [-0.2, 0) is 12.8 Å². The molecule has 5 heteroatoms. The Kier molecular flexibility index (Phi) is 2.24. The Hall–Kier alpha value is -2.43. The minimum atomic E-state index is 0.394. The number of aromatic amines is 1. The normalized spacial score (nSPS) is 14.7. The molecule has 4 rings (SSSR count). The first-order valence-electron chi connectivity index (χ1n) is 6.38. The zero-order chi connectivity index (χ0) is 12.7. The molecule has 0 saturated heterocycles. The van der Waals surface area contributed by atoms with E-state index in [0.717, 1.165) is 24.0 Å². The van der Waals surface area contributed by atoms with Crippen molar-refractivity contribution < 1.29 is 0 Å². The molecule has 0 aliphatic heterocycles. The summed E-state index contributed by atoms with van der Waals surface area (Å²) < 4.78 is 0. The topological polar surface area (TPSA) is 66.5 Å². The van der Waals surface area contributed by atoms with Crippen LogP contribution in [0.3, 0.4) is 0 Å². The largest absolute Gasteiger partial charge is 0.366 e. The van der Waals surface area contributed by atoms with Gasteiger partial charge in [-0.25, -0.2) is 9.97 Å². The molecule has 0 bridgehead atoms. The molecule has 3 aromatic rings. The van der Waals surface area contributed by atoms with Gasteiger partial charge in [-0.3, -0.25) is 5.10 Å². The molecular weight excluding hydrogens is 238 g/mol. The van der Waals surface area contributed by atoms with E-state index < -0.39 is 0 Å². The molecule has 19 heavy (non-hydrogen) atoms. The van der Waals surface area contributed by atoms with Crippen LogP contribution < -0.4 is 5.32 Å². The Labute approximate surface area is 110 Å². The number of hydrogen-bond donors (Lipinski definition) is 2. The lowest BCUT2D eigenvalue weighted by molar-refractivity contribution is 0.770. The molecular formula is C14H13N5. The van der Waals surface area contributed by atoms with Gasteiger partial charge in [-0.2, -0.15) is 5.10 Å². The molecule has 2 heterocycles. The molecule has 0 spiro atoms. The van der Waals surface area contributed by atoms with Crippen molar-refractivity contribution in [2.75, 3.05) is 5.32 Å². The van der Waals surface area contributed by atoms with Crippen LogP contribution in [0.25, 0.3) is 11.0 Å². The summed E-state index contributed by atoms with van der Waals surface area (Å²) in [6, 6.07) is 8.99. The fourth-order valence-corrected chi connectivity index (χ4v) is 2.74.